The highest BCUT2D eigenvalue weighted by Gasteiger charge is 2.17. The second kappa shape index (κ2) is 10.2. The Kier molecular flexibility index (Phi) is 9.03. The maximum atomic E-state index is 11.9. The second-order valence-corrected chi connectivity index (χ2v) is 5.82. The maximum absolute atomic E-state index is 11.9. The number of hydrogen-bond donors (Lipinski definition) is 2. The van der Waals surface area contributed by atoms with Crippen LogP contribution in [0.1, 0.15) is 51.4 Å². The number of guanidine groups is 1. The summed E-state index contributed by atoms with van der Waals surface area (Å²) in [4.78, 5) is 18.4. The van der Waals surface area contributed by atoms with Gasteiger partial charge in [-0.05, 0) is 25.7 Å². The number of hydrogen-bond acceptors (Lipinski definition) is 2. The van der Waals surface area contributed by atoms with E-state index < -0.39 is 0 Å². The van der Waals surface area contributed by atoms with E-state index in [0.29, 0.717) is 19.0 Å². The van der Waals surface area contributed by atoms with Crippen molar-refractivity contribution in [2.75, 3.05) is 26.7 Å². The van der Waals surface area contributed by atoms with Crippen molar-refractivity contribution in [3.63, 3.8) is 0 Å². The van der Waals surface area contributed by atoms with Gasteiger partial charge in [0.1, 0.15) is 0 Å². The van der Waals surface area contributed by atoms with Crippen molar-refractivity contribution in [1.29, 1.82) is 0 Å². The van der Waals surface area contributed by atoms with Crippen molar-refractivity contribution in [2.45, 2.75) is 57.4 Å². The molecule has 0 aromatic rings. The van der Waals surface area contributed by atoms with Gasteiger partial charge in [0, 0.05) is 39.1 Å². The number of likely N-dealkylation sites (tertiary alicyclic amines) is 1. The fourth-order valence-electron chi connectivity index (χ4n) is 3.10. The van der Waals surface area contributed by atoms with Crippen LogP contribution in [0.15, 0.2) is 4.99 Å². The first-order valence-electron chi connectivity index (χ1n) is 8.04. The van der Waals surface area contributed by atoms with Gasteiger partial charge in [-0.15, -0.1) is 24.0 Å². The first-order chi connectivity index (χ1) is 9.79. The summed E-state index contributed by atoms with van der Waals surface area (Å²) in [6.07, 6.45) is 9.13. The van der Waals surface area contributed by atoms with Gasteiger partial charge in [-0.2, -0.15) is 0 Å². The van der Waals surface area contributed by atoms with Crippen molar-refractivity contribution < 1.29 is 4.79 Å². The topological polar surface area (TPSA) is 56.7 Å². The highest BCUT2D eigenvalue weighted by molar-refractivity contribution is 14.0. The lowest BCUT2D eigenvalue weighted by Gasteiger charge is -2.23. The number of rotatable bonds is 4. The molecule has 1 saturated carbocycles. The van der Waals surface area contributed by atoms with Crippen LogP contribution >= 0.6 is 24.0 Å². The van der Waals surface area contributed by atoms with Gasteiger partial charge in [0.05, 0.1) is 0 Å². The molecule has 1 aliphatic carbocycles. The van der Waals surface area contributed by atoms with Crippen LogP contribution in [0, 0.1) is 0 Å². The summed E-state index contributed by atoms with van der Waals surface area (Å²) in [7, 11) is 1.81. The van der Waals surface area contributed by atoms with E-state index in [4.69, 9.17) is 0 Å². The molecular weight excluding hydrogens is 379 g/mol. The Labute approximate surface area is 145 Å². The molecule has 6 heteroatoms. The smallest absolute Gasteiger partial charge is 0.221 e. The van der Waals surface area contributed by atoms with Gasteiger partial charge in [0.15, 0.2) is 5.96 Å². The van der Waals surface area contributed by atoms with E-state index in [1.807, 2.05) is 7.05 Å². The van der Waals surface area contributed by atoms with Gasteiger partial charge in [0.2, 0.25) is 5.91 Å². The molecule has 1 heterocycles. The number of aliphatic imine (C=N–C) groups is 1. The fourth-order valence-corrected chi connectivity index (χ4v) is 3.10. The SMILES string of the molecule is CN=C(NCCC(=O)NC1CCCCC1)N1CCCC1.I. The Morgan fingerprint density at radius 1 is 1.14 bits per heavy atom. The largest absolute Gasteiger partial charge is 0.356 e. The van der Waals surface area contributed by atoms with Crippen LogP contribution in [0.5, 0.6) is 0 Å². The van der Waals surface area contributed by atoms with Gasteiger partial charge >= 0.3 is 0 Å². The summed E-state index contributed by atoms with van der Waals surface area (Å²) in [5, 5.41) is 6.44. The summed E-state index contributed by atoms with van der Waals surface area (Å²) in [6, 6.07) is 0.411. The van der Waals surface area contributed by atoms with Crippen molar-refractivity contribution in [3.05, 3.63) is 0 Å². The van der Waals surface area contributed by atoms with Crippen LogP contribution in [0.4, 0.5) is 0 Å². The highest BCUT2D eigenvalue weighted by atomic mass is 127. The molecule has 1 saturated heterocycles. The minimum Gasteiger partial charge on any atom is -0.356 e. The fraction of sp³-hybridized carbons (Fsp3) is 0.867. The molecule has 2 N–H and O–H groups in total. The standard InChI is InChI=1S/C15H28N4O.HI/c1-16-15(19-11-5-6-12-19)17-10-9-14(20)18-13-7-3-2-4-8-13;/h13H,2-12H2,1H3,(H,16,17)(H,18,20);1H. The number of halogens is 1. The lowest BCUT2D eigenvalue weighted by atomic mass is 9.95. The second-order valence-electron chi connectivity index (χ2n) is 5.82. The zero-order chi connectivity index (χ0) is 14.2. The minimum absolute atomic E-state index is 0. The predicted molar refractivity (Wildman–Crippen MR) is 97.2 cm³/mol. The Bertz CT molecular complexity index is 337. The van der Waals surface area contributed by atoms with Gasteiger partial charge < -0.3 is 15.5 Å². The summed E-state index contributed by atoms with van der Waals surface area (Å²) >= 11 is 0. The number of nitrogens with zero attached hydrogens (tertiary/aromatic N) is 2. The van der Waals surface area contributed by atoms with E-state index in [2.05, 4.69) is 20.5 Å². The van der Waals surface area contributed by atoms with Crippen molar-refractivity contribution in [2.24, 2.45) is 4.99 Å². The third kappa shape index (κ3) is 6.40. The lowest BCUT2D eigenvalue weighted by Crippen LogP contribution is -2.42. The number of nitrogens with one attached hydrogen (secondary N) is 2. The van der Waals surface area contributed by atoms with Crippen LogP contribution in [0.3, 0.4) is 0 Å². The summed E-state index contributed by atoms with van der Waals surface area (Å²) in [5.41, 5.74) is 0. The van der Waals surface area contributed by atoms with E-state index in [9.17, 15) is 4.79 Å². The molecule has 0 aromatic carbocycles. The minimum atomic E-state index is 0. The zero-order valence-corrected chi connectivity index (χ0v) is 15.4. The van der Waals surface area contributed by atoms with E-state index in [1.165, 1.54) is 32.1 Å². The molecule has 122 valence electrons. The number of amides is 1. The molecule has 2 aliphatic rings. The summed E-state index contributed by atoms with van der Waals surface area (Å²) < 4.78 is 0. The molecule has 0 spiro atoms. The summed E-state index contributed by atoms with van der Waals surface area (Å²) in [5.74, 6) is 1.11. The molecule has 0 unspecified atom stereocenters. The lowest BCUT2D eigenvalue weighted by molar-refractivity contribution is -0.121. The van der Waals surface area contributed by atoms with Crippen LogP contribution in [-0.2, 0) is 4.79 Å². The van der Waals surface area contributed by atoms with E-state index in [-0.39, 0.29) is 29.9 Å². The Morgan fingerprint density at radius 3 is 2.43 bits per heavy atom. The zero-order valence-electron chi connectivity index (χ0n) is 13.1. The van der Waals surface area contributed by atoms with Crippen LogP contribution in [0.25, 0.3) is 0 Å². The molecule has 2 fully saturated rings. The average molecular weight is 408 g/mol. The van der Waals surface area contributed by atoms with Crippen molar-refractivity contribution in [1.82, 2.24) is 15.5 Å². The van der Waals surface area contributed by atoms with E-state index in [1.54, 1.807) is 0 Å². The predicted octanol–water partition coefficient (Wildman–Crippen LogP) is 2.11. The Morgan fingerprint density at radius 2 is 1.81 bits per heavy atom. The molecule has 0 atom stereocenters. The Hall–Kier alpha value is -0.530. The normalized spacial score (nSPS) is 20.0. The van der Waals surface area contributed by atoms with Crippen molar-refractivity contribution >= 4 is 35.8 Å². The average Bonchev–Trinajstić information content (AvgIpc) is 2.99. The molecule has 0 bridgehead atoms. The molecule has 5 nitrogen and oxygen atoms in total. The molecule has 2 rings (SSSR count). The monoisotopic (exact) mass is 408 g/mol. The van der Waals surface area contributed by atoms with Gasteiger partial charge in [-0.25, -0.2) is 0 Å². The van der Waals surface area contributed by atoms with E-state index in [0.717, 1.165) is 31.9 Å². The maximum Gasteiger partial charge on any atom is 0.221 e. The molecule has 21 heavy (non-hydrogen) atoms. The van der Waals surface area contributed by atoms with Crippen LogP contribution < -0.4 is 10.6 Å². The van der Waals surface area contributed by atoms with Gasteiger partial charge in [0.25, 0.3) is 0 Å². The van der Waals surface area contributed by atoms with Crippen LogP contribution in [-0.4, -0.2) is 49.5 Å². The third-order valence-electron chi connectivity index (χ3n) is 4.22. The van der Waals surface area contributed by atoms with Crippen LogP contribution in [0.2, 0.25) is 0 Å². The summed E-state index contributed by atoms with van der Waals surface area (Å²) in [6.45, 7) is 2.82. The number of carbonyl (C=O) groups is 1. The van der Waals surface area contributed by atoms with Gasteiger partial charge in [-0.1, -0.05) is 19.3 Å². The molecule has 0 radical (unpaired) electrons. The molecular formula is C15H29IN4O. The first kappa shape index (κ1) is 18.5. The Balaban J connectivity index is 0.00000220. The van der Waals surface area contributed by atoms with E-state index >= 15 is 0 Å². The molecule has 1 aliphatic heterocycles. The quantitative estimate of drug-likeness (QED) is 0.426. The van der Waals surface area contributed by atoms with Crippen molar-refractivity contribution in [3.8, 4) is 0 Å². The molecule has 1 amide bonds. The number of carbonyl (C=O) groups excluding carboxylic acids is 1. The third-order valence-corrected chi connectivity index (χ3v) is 4.22. The first-order valence-corrected chi connectivity index (χ1v) is 8.04. The van der Waals surface area contributed by atoms with Gasteiger partial charge in [-0.3, -0.25) is 9.79 Å². The molecule has 0 aromatic heterocycles. The highest BCUT2D eigenvalue weighted by Crippen LogP contribution is 2.17.